The maximum atomic E-state index is 12.5. The van der Waals surface area contributed by atoms with E-state index in [1.165, 1.54) is 16.7 Å². The van der Waals surface area contributed by atoms with Gasteiger partial charge >= 0.3 is 0 Å². The Kier molecular flexibility index (Phi) is 3.88. The number of nitrogens with zero attached hydrogens (tertiary/aromatic N) is 1. The number of alkyl halides is 1. The minimum absolute atomic E-state index is 0.0906. The van der Waals surface area contributed by atoms with Gasteiger partial charge in [-0.15, -0.1) is 0 Å². The summed E-state index contributed by atoms with van der Waals surface area (Å²) in [4.78, 5) is 14.6. The van der Waals surface area contributed by atoms with Gasteiger partial charge < -0.3 is 0 Å². The third-order valence-electron chi connectivity index (χ3n) is 4.85. The molecule has 2 aliphatic heterocycles. The number of aryl methyl sites for hydroxylation is 1. The molecule has 2 nitrogen and oxygen atoms in total. The van der Waals surface area contributed by atoms with Crippen LogP contribution in [-0.2, 0) is 17.6 Å². The number of carbonyl (C=O) groups excluding carboxylic acids is 1. The SMILES string of the molecule is CCc1ccc2c(c1)[C@H]1CC(=O)[C@H](CC[18F])CN1CC2. The second-order valence-corrected chi connectivity index (χ2v) is 5.99. The third kappa shape index (κ3) is 2.39. The van der Waals surface area contributed by atoms with Gasteiger partial charge in [0.15, 0.2) is 0 Å². The summed E-state index contributed by atoms with van der Waals surface area (Å²) in [5, 5.41) is 0. The maximum Gasteiger partial charge on any atom is 0.139 e. The molecule has 0 amide bonds. The highest BCUT2D eigenvalue weighted by molar-refractivity contribution is 5.83. The second kappa shape index (κ2) is 5.65. The molecule has 0 radical (unpaired) electrons. The standard InChI is InChI=1S/C17H22FNO/c1-2-12-3-4-13-6-8-19-11-14(5-7-18)17(20)10-16(19)15(13)9-12/h3-4,9,14,16H,2,5-8,10-11H2,1H3/t14-,16-/m1/s1/i18-1. The van der Waals surface area contributed by atoms with E-state index in [2.05, 4.69) is 30.0 Å². The average molecular weight is 274 g/mol. The molecule has 3 rings (SSSR count). The number of carbonyl (C=O) groups is 1. The molecule has 0 saturated carbocycles. The number of rotatable bonds is 3. The fraction of sp³-hybridized carbons (Fsp3) is 0.588. The van der Waals surface area contributed by atoms with Crippen molar-refractivity contribution in [2.45, 2.75) is 38.6 Å². The van der Waals surface area contributed by atoms with Gasteiger partial charge in [0.1, 0.15) is 5.78 Å². The van der Waals surface area contributed by atoms with E-state index in [0.717, 1.165) is 25.9 Å². The zero-order valence-electron chi connectivity index (χ0n) is 12.1. The molecule has 3 heteroatoms. The van der Waals surface area contributed by atoms with Crippen molar-refractivity contribution in [2.75, 3.05) is 19.8 Å². The van der Waals surface area contributed by atoms with Crippen molar-refractivity contribution < 1.29 is 9.18 Å². The van der Waals surface area contributed by atoms with Gasteiger partial charge in [0.05, 0.1) is 6.67 Å². The number of Topliss-reactive ketones (excluding diaryl/α,β-unsaturated/α-hetero) is 1. The van der Waals surface area contributed by atoms with Gasteiger partial charge in [-0.25, -0.2) is 0 Å². The molecule has 0 bridgehead atoms. The summed E-state index contributed by atoms with van der Waals surface area (Å²) in [6.45, 7) is 3.51. The van der Waals surface area contributed by atoms with Gasteiger partial charge in [-0.2, -0.15) is 0 Å². The number of hydrogen-bond acceptors (Lipinski definition) is 2. The number of halogens is 1. The maximum absolute atomic E-state index is 12.5. The molecule has 1 saturated heterocycles. The van der Waals surface area contributed by atoms with Crippen LogP contribution in [-0.4, -0.2) is 30.4 Å². The third-order valence-corrected chi connectivity index (χ3v) is 4.85. The van der Waals surface area contributed by atoms with Crippen molar-refractivity contribution in [3.8, 4) is 0 Å². The first-order valence-electron chi connectivity index (χ1n) is 7.67. The molecule has 0 unspecified atom stereocenters. The van der Waals surface area contributed by atoms with E-state index in [9.17, 15) is 9.18 Å². The summed E-state index contributed by atoms with van der Waals surface area (Å²) in [6, 6.07) is 6.93. The van der Waals surface area contributed by atoms with E-state index in [4.69, 9.17) is 0 Å². The summed E-state index contributed by atoms with van der Waals surface area (Å²) in [7, 11) is 0. The quantitative estimate of drug-likeness (QED) is 0.844. The fourth-order valence-corrected chi connectivity index (χ4v) is 3.60. The van der Waals surface area contributed by atoms with Crippen molar-refractivity contribution in [3.05, 3.63) is 34.9 Å². The van der Waals surface area contributed by atoms with Crippen LogP contribution in [0, 0.1) is 5.92 Å². The predicted octanol–water partition coefficient (Wildman–Crippen LogP) is 3.10. The van der Waals surface area contributed by atoms with E-state index in [1.54, 1.807) is 0 Å². The number of benzene rings is 1. The molecule has 2 atom stereocenters. The highest BCUT2D eigenvalue weighted by Crippen LogP contribution is 2.38. The molecular formula is C17H22FNO. The monoisotopic (exact) mass is 274 g/mol. The van der Waals surface area contributed by atoms with Gasteiger partial charge in [0.2, 0.25) is 0 Å². The topological polar surface area (TPSA) is 20.3 Å². The van der Waals surface area contributed by atoms with Crippen molar-refractivity contribution in [1.29, 1.82) is 0 Å². The lowest BCUT2D eigenvalue weighted by atomic mass is 9.81. The Bertz CT molecular complexity index is 514. The van der Waals surface area contributed by atoms with Crippen LogP contribution in [0.25, 0.3) is 0 Å². The lowest BCUT2D eigenvalue weighted by Crippen LogP contribution is -2.46. The first-order valence-corrected chi connectivity index (χ1v) is 7.67. The van der Waals surface area contributed by atoms with Gasteiger partial charge in [0.25, 0.3) is 0 Å². The number of hydrogen-bond donors (Lipinski definition) is 0. The Balaban J connectivity index is 1.87. The molecule has 0 spiro atoms. The largest absolute Gasteiger partial charge is 0.299 e. The van der Waals surface area contributed by atoms with Crippen LogP contribution in [0.5, 0.6) is 0 Å². The summed E-state index contributed by atoms with van der Waals surface area (Å²) in [6.07, 6.45) is 3.03. The second-order valence-electron chi connectivity index (χ2n) is 5.99. The molecule has 1 aromatic carbocycles. The average Bonchev–Trinajstić information content (AvgIpc) is 2.48. The first kappa shape index (κ1) is 13.7. The Labute approximate surface area is 120 Å². The molecule has 108 valence electrons. The van der Waals surface area contributed by atoms with Crippen molar-refractivity contribution >= 4 is 5.78 Å². The molecule has 0 N–H and O–H groups in total. The van der Waals surface area contributed by atoms with Crippen LogP contribution in [0.1, 0.15) is 42.5 Å². The zero-order chi connectivity index (χ0) is 14.1. The normalized spacial score (nSPS) is 26.2. The van der Waals surface area contributed by atoms with Crippen LogP contribution in [0.15, 0.2) is 18.2 Å². The summed E-state index contributed by atoms with van der Waals surface area (Å²) in [5.74, 6) is 0.158. The minimum Gasteiger partial charge on any atom is -0.299 e. The Morgan fingerprint density at radius 2 is 2.25 bits per heavy atom. The van der Waals surface area contributed by atoms with Crippen LogP contribution < -0.4 is 0 Å². The number of piperidine rings is 1. The van der Waals surface area contributed by atoms with E-state index < -0.39 is 0 Å². The van der Waals surface area contributed by atoms with Crippen LogP contribution in [0.4, 0.5) is 4.39 Å². The zero-order valence-corrected chi connectivity index (χ0v) is 12.1. The predicted molar refractivity (Wildman–Crippen MR) is 77.5 cm³/mol. The van der Waals surface area contributed by atoms with E-state index >= 15 is 0 Å². The van der Waals surface area contributed by atoms with Gasteiger partial charge in [-0.3, -0.25) is 14.1 Å². The Morgan fingerprint density at radius 3 is 3.00 bits per heavy atom. The van der Waals surface area contributed by atoms with Gasteiger partial charge in [-0.05, 0) is 36.0 Å². The Morgan fingerprint density at radius 1 is 1.40 bits per heavy atom. The lowest BCUT2D eigenvalue weighted by Gasteiger charge is -2.43. The summed E-state index contributed by atoms with van der Waals surface area (Å²) < 4.78 is 12.5. The van der Waals surface area contributed by atoms with Crippen molar-refractivity contribution in [3.63, 3.8) is 0 Å². The van der Waals surface area contributed by atoms with E-state index in [-0.39, 0.29) is 24.4 Å². The summed E-state index contributed by atoms with van der Waals surface area (Å²) in [5.41, 5.74) is 4.06. The smallest absolute Gasteiger partial charge is 0.139 e. The first-order chi connectivity index (χ1) is 9.72. The van der Waals surface area contributed by atoms with Crippen LogP contribution in [0.2, 0.25) is 0 Å². The summed E-state index contributed by atoms with van der Waals surface area (Å²) >= 11 is 0. The number of fused-ring (bicyclic) bond motifs is 3. The van der Waals surface area contributed by atoms with Crippen molar-refractivity contribution in [1.82, 2.24) is 4.90 Å². The minimum atomic E-state index is -0.383. The number of ketones is 1. The molecule has 0 aromatic heterocycles. The molecule has 1 aromatic rings. The van der Waals surface area contributed by atoms with E-state index in [1.807, 2.05) is 0 Å². The Hall–Kier alpha value is -1.22. The van der Waals surface area contributed by atoms with Gasteiger partial charge in [0, 0.05) is 31.5 Å². The molecule has 0 aliphatic carbocycles. The molecule has 1 fully saturated rings. The van der Waals surface area contributed by atoms with Gasteiger partial charge in [-0.1, -0.05) is 25.1 Å². The molecular weight excluding hydrogens is 252 g/mol. The van der Waals surface area contributed by atoms with Crippen molar-refractivity contribution in [2.24, 2.45) is 5.92 Å². The highest BCUT2D eigenvalue weighted by Gasteiger charge is 2.37. The van der Waals surface area contributed by atoms with Crippen LogP contribution >= 0.6 is 0 Å². The molecule has 2 heterocycles. The fourth-order valence-electron chi connectivity index (χ4n) is 3.60. The molecule has 2 aliphatic rings. The lowest BCUT2D eigenvalue weighted by molar-refractivity contribution is -0.129. The molecule has 20 heavy (non-hydrogen) atoms. The van der Waals surface area contributed by atoms with E-state index in [0.29, 0.717) is 12.8 Å². The van der Waals surface area contributed by atoms with Crippen LogP contribution in [0.3, 0.4) is 0 Å². The highest BCUT2D eigenvalue weighted by atomic mass is 18.2.